The molecular weight excluding hydrogens is 270 g/mol. The highest BCUT2D eigenvalue weighted by Crippen LogP contribution is 2.28. The first-order valence-electron chi connectivity index (χ1n) is 5.70. The second-order valence-corrected chi connectivity index (χ2v) is 5.82. The number of rotatable bonds is 6. The fraction of sp³-hybridized carbons (Fsp3) is 0.455. The van der Waals surface area contributed by atoms with Crippen molar-refractivity contribution in [1.82, 2.24) is 10.0 Å². The predicted octanol–water partition coefficient (Wildman–Crippen LogP) is 0.709. The third-order valence-electron chi connectivity index (χ3n) is 2.79. The number of nitrogens with one attached hydrogen (secondary N) is 2. The largest absolute Gasteiger partial charge is 0.318 e. The van der Waals surface area contributed by atoms with Crippen molar-refractivity contribution in [3.63, 3.8) is 0 Å². The molecule has 106 valence electrons. The van der Waals surface area contributed by atoms with Gasteiger partial charge in [0.15, 0.2) is 4.90 Å². The van der Waals surface area contributed by atoms with Gasteiger partial charge in [-0.2, -0.15) is 0 Å². The Labute approximate surface area is 112 Å². The average Bonchev–Trinajstić information content (AvgIpc) is 2.31. The first kappa shape index (κ1) is 15.5. The van der Waals surface area contributed by atoms with Gasteiger partial charge in [-0.25, -0.2) is 13.1 Å². The molecule has 0 unspecified atom stereocenters. The van der Waals surface area contributed by atoms with Crippen LogP contribution in [-0.4, -0.2) is 33.5 Å². The molecule has 1 aromatic rings. The third kappa shape index (κ3) is 3.49. The highest BCUT2D eigenvalue weighted by molar-refractivity contribution is 7.89. The van der Waals surface area contributed by atoms with E-state index in [2.05, 4.69) is 10.0 Å². The van der Waals surface area contributed by atoms with Gasteiger partial charge in [0.1, 0.15) is 0 Å². The summed E-state index contributed by atoms with van der Waals surface area (Å²) in [5.41, 5.74) is 0.686. The molecular formula is C11H17N3O4S. The lowest BCUT2D eigenvalue weighted by Gasteiger charge is -2.11. The van der Waals surface area contributed by atoms with E-state index < -0.39 is 20.6 Å². The lowest BCUT2D eigenvalue weighted by molar-refractivity contribution is -0.387. The molecule has 0 aromatic heterocycles. The van der Waals surface area contributed by atoms with E-state index in [0.717, 1.165) is 0 Å². The van der Waals surface area contributed by atoms with E-state index in [1.165, 1.54) is 6.07 Å². The van der Waals surface area contributed by atoms with Crippen molar-refractivity contribution in [3.05, 3.63) is 33.4 Å². The maximum absolute atomic E-state index is 12.2. The first-order chi connectivity index (χ1) is 8.81. The van der Waals surface area contributed by atoms with Gasteiger partial charge in [0.2, 0.25) is 10.0 Å². The summed E-state index contributed by atoms with van der Waals surface area (Å²) in [6.07, 6.45) is 0. The highest BCUT2D eigenvalue weighted by atomic mass is 32.2. The van der Waals surface area contributed by atoms with Gasteiger partial charge in [-0.3, -0.25) is 10.1 Å². The minimum atomic E-state index is -3.89. The second-order valence-electron chi connectivity index (χ2n) is 4.11. The van der Waals surface area contributed by atoms with Crippen LogP contribution < -0.4 is 10.0 Å². The zero-order valence-electron chi connectivity index (χ0n) is 11.1. The van der Waals surface area contributed by atoms with Crippen LogP contribution >= 0.6 is 0 Å². The van der Waals surface area contributed by atoms with Crippen molar-refractivity contribution in [3.8, 4) is 0 Å². The topological polar surface area (TPSA) is 101 Å². The molecule has 0 saturated carbocycles. The second kappa shape index (κ2) is 6.09. The molecule has 2 N–H and O–H groups in total. The Morgan fingerprint density at radius 3 is 2.42 bits per heavy atom. The van der Waals surface area contributed by atoms with Crippen molar-refractivity contribution in [1.29, 1.82) is 0 Å². The van der Waals surface area contributed by atoms with Gasteiger partial charge in [0, 0.05) is 19.2 Å². The normalized spacial score (nSPS) is 11.5. The Morgan fingerprint density at radius 2 is 1.89 bits per heavy atom. The van der Waals surface area contributed by atoms with Crippen LogP contribution in [0, 0.1) is 24.0 Å². The van der Waals surface area contributed by atoms with Crippen molar-refractivity contribution < 1.29 is 13.3 Å². The van der Waals surface area contributed by atoms with Gasteiger partial charge in [0.05, 0.1) is 4.92 Å². The average molecular weight is 287 g/mol. The Balaban J connectivity index is 3.31. The van der Waals surface area contributed by atoms with Gasteiger partial charge >= 0.3 is 0 Å². The summed E-state index contributed by atoms with van der Waals surface area (Å²) >= 11 is 0. The fourth-order valence-corrected chi connectivity index (χ4v) is 3.14. The van der Waals surface area contributed by atoms with Crippen LogP contribution in [0.1, 0.15) is 11.1 Å². The molecule has 0 atom stereocenters. The molecule has 0 fully saturated rings. The Kier molecular flexibility index (Phi) is 4.98. The van der Waals surface area contributed by atoms with Crippen molar-refractivity contribution in [2.45, 2.75) is 18.7 Å². The van der Waals surface area contributed by atoms with Gasteiger partial charge in [-0.15, -0.1) is 0 Å². The Bertz CT molecular complexity index is 584. The number of benzene rings is 1. The zero-order valence-corrected chi connectivity index (χ0v) is 11.9. The number of hydrogen-bond acceptors (Lipinski definition) is 5. The molecule has 0 amide bonds. The molecule has 0 saturated heterocycles. The first-order valence-corrected chi connectivity index (χ1v) is 7.18. The number of nitro groups is 1. The third-order valence-corrected chi connectivity index (χ3v) is 4.43. The van der Waals surface area contributed by atoms with Crippen LogP contribution in [-0.2, 0) is 10.0 Å². The van der Waals surface area contributed by atoms with E-state index in [1.807, 2.05) is 0 Å². The van der Waals surface area contributed by atoms with Crippen molar-refractivity contribution in [2.24, 2.45) is 0 Å². The van der Waals surface area contributed by atoms with Crippen LogP contribution in [0.25, 0.3) is 0 Å². The monoisotopic (exact) mass is 287 g/mol. The SMILES string of the molecule is CNCCNS(=O)(=O)c1c([N+](=O)[O-])ccc(C)c1C. The molecule has 0 aliphatic rings. The number of aryl methyl sites for hydroxylation is 1. The van der Waals surface area contributed by atoms with E-state index in [9.17, 15) is 18.5 Å². The number of hydrogen-bond donors (Lipinski definition) is 2. The Morgan fingerprint density at radius 1 is 1.26 bits per heavy atom. The molecule has 1 aromatic carbocycles. The molecule has 7 nitrogen and oxygen atoms in total. The van der Waals surface area contributed by atoms with E-state index in [0.29, 0.717) is 17.7 Å². The van der Waals surface area contributed by atoms with Crippen molar-refractivity contribution in [2.75, 3.05) is 20.1 Å². The van der Waals surface area contributed by atoms with Crippen LogP contribution in [0.2, 0.25) is 0 Å². The number of nitro benzene ring substituents is 1. The molecule has 0 radical (unpaired) electrons. The molecule has 0 aliphatic carbocycles. The van der Waals surface area contributed by atoms with Gasteiger partial charge < -0.3 is 5.32 Å². The fourth-order valence-electron chi connectivity index (χ4n) is 1.64. The maximum Gasteiger partial charge on any atom is 0.289 e. The molecule has 0 heterocycles. The van der Waals surface area contributed by atoms with E-state index in [4.69, 9.17) is 0 Å². The van der Waals surface area contributed by atoms with Crippen LogP contribution in [0.5, 0.6) is 0 Å². The molecule has 0 bridgehead atoms. The van der Waals surface area contributed by atoms with E-state index in [-0.39, 0.29) is 11.4 Å². The molecule has 19 heavy (non-hydrogen) atoms. The summed E-state index contributed by atoms with van der Waals surface area (Å²) in [6.45, 7) is 3.89. The summed E-state index contributed by atoms with van der Waals surface area (Å²) in [4.78, 5) is 10.0. The standard InChI is InChI=1S/C11H17N3O4S/c1-8-4-5-10(14(15)16)11(9(8)2)19(17,18)13-7-6-12-3/h4-5,12-13H,6-7H2,1-3H3. The number of likely N-dealkylation sites (N-methyl/N-ethyl adjacent to an activating group) is 1. The summed E-state index contributed by atoms with van der Waals surface area (Å²) in [5.74, 6) is 0. The lowest BCUT2D eigenvalue weighted by atomic mass is 10.1. The summed E-state index contributed by atoms with van der Waals surface area (Å²) in [6, 6.07) is 2.76. The van der Waals surface area contributed by atoms with Gasteiger partial charge in [-0.1, -0.05) is 6.07 Å². The number of nitrogens with zero attached hydrogens (tertiary/aromatic N) is 1. The van der Waals surface area contributed by atoms with Crippen LogP contribution in [0.3, 0.4) is 0 Å². The van der Waals surface area contributed by atoms with Gasteiger partial charge in [-0.05, 0) is 32.0 Å². The van der Waals surface area contributed by atoms with E-state index in [1.54, 1.807) is 27.0 Å². The minimum Gasteiger partial charge on any atom is -0.318 e. The van der Waals surface area contributed by atoms with Crippen molar-refractivity contribution >= 4 is 15.7 Å². The molecule has 0 aliphatic heterocycles. The number of sulfonamides is 1. The van der Waals surface area contributed by atoms with Gasteiger partial charge in [0.25, 0.3) is 5.69 Å². The zero-order chi connectivity index (χ0) is 14.6. The van der Waals surface area contributed by atoms with Crippen LogP contribution in [0.15, 0.2) is 17.0 Å². The summed E-state index contributed by atoms with van der Waals surface area (Å²) in [5, 5.41) is 13.8. The van der Waals surface area contributed by atoms with E-state index >= 15 is 0 Å². The smallest absolute Gasteiger partial charge is 0.289 e. The van der Waals surface area contributed by atoms with Crippen LogP contribution in [0.4, 0.5) is 5.69 Å². The minimum absolute atomic E-state index is 0.170. The molecule has 8 heteroatoms. The maximum atomic E-state index is 12.2. The summed E-state index contributed by atoms with van der Waals surface area (Å²) in [7, 11) is -2.20. The Hall–Kier alpha value is -1.51. The molecule has 1 rings (SSSR count). The molecule has 0 spiro atoms. The predicted molar refractivity (Wildman–Crippen MR) is 71.7 cm³/mol. The summed E-state index contributed by atoms with van der Waals surface area (Å²) < 4.78 is 26.7. The quantitative estimate of drug-likeness (QED) is 0.456. The highest BCUT2D eigenvalue weighted by Gasteiger charge is 2.28. The lowest BCUT2D eigenvalue weighted by Crippen LogP contribution is -2.31.